The molecule has 0 saturated heterocycles. The van der Waals surface area contributed by atoms with Gasteiger partial charge in [-0.2, -0.15) is 9.78 Å². The Morgan fingerprint density at radius 3 is 1.80 bits per heavy atom. The highest BCUT2D eigenvalue weighted by Gasteiger charge is 2.35. The average Bonchev–Trinajstić information content (AvgIpc) is 3.05. The predicted molar refractivity (Wildman–Crippen MR) is 179 cm³/mol. The molecular formula is C39H56O6. The maximum atomic E-state index is 13.4. The molecular weight excluding hydrogens is 564 g/mol. The largest absolute Gasteiger partial charge is 0.346 e. The molecule has 3 unspecified atom stereocenters. The second-order valence-electron chi connectivity index (χ2n) is 13.6. The molecule has 6 heteroatoms. The van der Waals surface area contributed by atoms with Gasteiger partial charge >= 0.3 is 11.9 Å². The highest BCUT2D eigenvalue weighted by molar-refractivity contribution is 5.73. The molecule has 3 rings (SSSR count). The van der Waals surface area contributed by atoms with Gasteiger partial charge in [0, 0.05) is 6.42 Å². The van der Waals surface area contributed by atoms with E-state index in [0.29, 0.717) is 12.3 Å². The van der Waals surface area contributed by atoms with Gasteiger partial charge in [-0.05, 0) is 76.3 Å². The second kappa shape index (κ2) is 18.9. The zero-order valence-corrected chi connectivity index (χ0v) is 28.3. The molecule has 248 valence electrons. The van der Waals surface area contributed by atoms with E-state index in [1.165, 1.54) is 19.3 Å². The van der Waals surface area contributed by atoms with Crippen LogP contribution in [0.4, 0.5) is 0 Å². The van der Waals surface area contributed by atoms with Gasteiger partial charge in [-0.3, -0.25) is 9.78 Å². The van der Waals surface area contributed by atoms with Crippen molar-refractivity contribution >= 4 is 11.9 Å². The molecule has 0 bridgehead atoms. The number of carbonyl (C=O) groups is 2. The van der Waals surface area contributed by atoms with Crippen LogP contribution in [0.5, 0.6) is 0 Å². The third kappa shape index (κ3) is 12.8. The topological polar surface area (TPSA) is 71.1 Å². The Balaban J connectivity index is 1.37. The summed E-state index contributed by atoms with van der Waals surface area (Å²) >= 11 is 0. The summed E-state index contributed by atoms with van der Waals surface area (Å²) in [6.45, 7) is 9.83. The zero-order valence-electron chi connectivity index (χ0n) is 28.3. The Labute approximate surface area is 271 Å². The molecule has 0 aliphatic heterocycles. The Morgan fingerprint density at radius 2 is 1.20 bits per heavy atom. The molecule has 0 heterocycles. The maximum Gasteiger partial charge on any atom is 0.346 e. The Hall–Kier alpha value is -2.96. The first-order chi connectivity index (χ1) is 21.6. The van der Waals surface area contributed by atoms with E-state index in [4.69, 9.17) is 19.6 Å². The number of rotatable bonds is 20. The fourth-order valence-corrected chi connectivity index (χ4v) is 5.98. The first kappa shape index (κ1) is 36.5. The first-order valence-corrected chi connectivity index (χ1v) is 17.2. The van der Waals surface area contributed by atoms with Crippen molar-refractivity contribution in [2.24, 2.45) is 17.8 Å². The zero-order chi connectivity index (χ0) is 32.5. The predicted octanol–water partition coefficient (Wildman–Crippen LogP) is 10.3. The van der Waals surface area contributed by atoms with Crippen molar-refractivity contribution in [3.63, 3.8) is 0 Å². The summed E-state index contributed by atoms with van der Waals surface area (Å²) in [5, 5.41) is 0. The molecule has 1 aliphatic carbocycles. The lowest BCUT2D eigenvalue weighted by atomic mass is 9.75. The monoisotopic (exact) mass is 620 g/mol. The van der Waals surface area contributed by atoms with E-state index in [2.05, 4.69) is 19.1 Å². The number of benzene rings is 2. The third-order valence-electron chi connectivity index (χ3n) is 8.97. The molecule has 0 fully saturated rings. The number of hydrogen-bond donors (Lipinski definition) is 0. The van der Waals surface area contributed by atoms with Crippen molar-refractivity contribution in [3.05, 3.63) is 83.9 Å². The number of unbranched alkanes of at least 4 members (excludes halogenated alkanes) is 7. The van der Waals surface area contributed by atoms with Crippen LogP contribution in [0.3, 0.4) is 0 Å². The van der Waals surface area contributed by atoms with Gasteiger partial charge in [-0.1, -0.05) is 131 Å². The summed E-state index contributed by atoms with van der Waals surface area (Å²) < 4.78 is 0. The van der Waals surface area contributed by atoms with Crippen molar-refractivity contribution in [1.82, 2.24) is 0 Å². The lowest BCUT2D eigenvalue weighted by molar-refractivity contribution is -0.333. The van der Waals surface area contributed by atoms with Gasteiger partial charge in [0.2, 0.25) is 0 Å². The van der Waals surface area contributed by atoms with Crippen LogP contribution in [0, 0.1) is 17.8 Å². The van der Waals surface area contributed by atoms with Crippen LogP contribution in [-0.4, -0.2) is 11.9 Å². The molecule has 1 aliphatic rings. The van der Waals surface area contributed by atoms with E-state index in [9.17, 15) is 9.59 Å². The summed E-state index contributed by atoms with van der Waals surface area (Å²) in [4.78, 5) is 47.4. The number of carbonyl (C=O) groups excluding carboxylic acids is 2. The van der Waals surface area contributed by atoms with Crippen LogP contribution in [0.25, 0.3) is 0 Å². The molecule has 0 aromatic heterocycles. The Morgan fingerprint density at radius 1 is 0.667 bits per heavy atom. The van der Waals surface area contributed by atoms with Crippen LogP contribution in [-0.2, 0) is 40.3 Å². The van der Waals surface area contributed by atoms with Crippen LogP contribution in [0.1, 0.15) is 129 Å². The van der Waals surface area contributed by atoms with Crippen molar-refractivity contribution < 1.29 is 29.1 Å². The van der Waals surface area contributed by atoms with Gasteiger partial charge in [0.25, 0.3) is 0 Å². The summed E-state index contributed by atoms with van der Waals surface area (Å²) in [6.07, 6.45) is 17.5. The van der Waals surface area contributed by atoms with Gasteiger partial charge in [0.1, 0.15) is 11.2 Å². The van der Waals surface area contributed by atoms with Crippen molar-refractivity contribution in [2.45, 2.75) is 129 Å². The van der Waals surface area contributed by atoms with E-state index < -0.39 is 11.2 Å². The molecule has 0 amide bonds. The molecule has 0 radical (unpaired) electrons. The highest BCUT2D eigenvalue weighted by Crippen LogP contribution is 2.36. The quantitative estimate of drug-likeness (QED) is 0.0635. The van der Waals surface area contributed by atoms with Crippen LogP contribution in [0.2, 0.25) is 0 Å². The van der Waals surface area contributed by atoms with Crippen LogP contribution >= 0.6 is 0 Å². The van der Waals surface area contributed by atoms with E-state index in [0.717, 1.165) is 68.9 Å². The fraction of sp³-hybridized carbons (Fsp3) is 0.590. The Kier molecular flexibility index (Phi) is 15.3. The van der Waals surface area contributed by atoms with E-state index >= 15 is 0 Å². The second-order valence-corrected chi connectivity index (χ2v) is 13.6. The van der Waals surface area contributed by atoms with Crippen molar-refractivity contribution in [3.8, 4) is 0 Å². The molecule has 0 N–H and O–H groups in total. The fourth-order valence-electron chi connectivity index (χ4n) is 5.98. The van der Waals surface area contributed by atoms with Crippen molar-refractivity contribution in [2.75, 3.05) is 0 Å². The van der Waals surface area contributed by atoms with E-state index in [1.807, 2.05) is 88.4 Å². The first-order valence-electron chi connectivity index (χ1n) is 17.2. The summed E-state index contributed by atoms with van der Waals surface area (Å²) in [6, 6.07) is 19.6. The van der Waals surface area contributed by atoms with E-state index in [-0.39, 0.29) is 23.8 Å². The average molecular weight is 621 g/mol. The minimum absolute atomic E-state index is 0.165. The van der Waals surface area contributed by atoms with Crippen LogP contribution in [0.15, 0.2) is 72.8 Å². The van der Waals surface area contributed by atoms with Gasteiger partial charge in [-0.15, -0.1) is 0 Å². The van der Waals surface area contributed by atoms with Gasteiger partial charge < -0.3 is 0 Å². The molecule has 0 saturated carbocycles. The van der Waals surface area contributed by atoms with Gasteiger partial charge in [0.05, 0.1) is 5.92 Å². The molecule has 0 spiro atoms. The SMILES string of the molecule is CCCCCC1C=CC(CCCCCCCCC(=O)OOC(C)(C)c2ccccc2)C(C(=O)OOC(C)(C)c2ccccc2)C1. The normalized spacial score (nSPS) is 18.5. The molecule has 3 atom stereocenters. The number of hydrogen-bond acceptors (Lipinski definition) is 6. The molecule has 45 heavy (non-hydrogen) atoms. The lowest BCUT2D eigenvalue weighted by Crippen LogP contribution is -2.32. The minimum Gasteiger partial charge on any atom is -0.297 e. The molecule has 6 nitrogen and oxygen atoms in total. The third-order valence-corrected chi connectivity index (χ3v) is 8.97. The van der Waals surface area contributed by atoms with E-state index in [1.54, 1.807) is 0 Å². The minimum atomic E-state index is -0.722. The van der Waals surface area contributed by atoms with Gasteiger partial charge in [-0.25, -0.2) is 9.59 Å². The highest BCUT2D eigenvalue weighted by atomic mass is 17.2. The van der Waals surface area contributed by atoms with Crippen LogP contribution < -0.4 is 0 Å². The maximum absolute atomic E-state index is 13.4. The smallest absolute Gasteiger partial charge is 0.297 e. The molecule has 2 aromatic rings. The summed E-state index contributed by atoms with van der Waals surface area (Å²) in [7, 11) is 0. The summed E-state index contributed by atoms with van der Waals surface area (Å²) in [5.74, 6) is -0.192. The summed E-state index contributed by atoms with van der Waals surface area (Å²) in [5.41, 5.74) is 0.506. The Bertz CT molecular complexity index is 1160. The van der Waals surface area contributed by atoms with Crippen molar-refractivity contribution in [1.29, 1.82) is 0 Å². The number of allylic oxidation sites excluding steroid dienone is 2. The lowest BCUT2D eigenvalue weighted by Gasteiger charge is -2.31. The standard InChI is InChI=1S/C39H56O6/c1-6-7-14-21-31-28-29-32(35(30-31)37(41)43-45-39(4,5)34-25-18-13-19-26-34)22-15-10-8-9-11-20-27-36(40)42-44-38(2,3)33-23-16-12-17-24-33/h12-13,16-19,23-26,28-29,31-32,35H,6-11,14-15,20-22,27,30H2,1-5H3. The molecule has 2 aromatic carbocycles. The van der Waals surface area contributed by atoms with Gasteiger partial charge in [0.15, 0.2) is 0 Å².